The van der Waals surface area contributed by atoms with Gasteiger partial charge < -0.3 is 24.2 Å². The van der Waals surface area contributed by atoms with E-state index in [0.29, 0.717) is 38.5 Å². The maximum Gasteiger partial charge on any atom is 0.387 e. The number of hydrogen-bond donors (Lipinski definition) is 1. The van der Waals surface area contributed by atoms with E-state index < -0.39 is 6.61 Å². The summed E-state index contributed by atoms with van der Waals surface area (Å²) in [4.78, 5) is 25.1. The second-order valence-corrected chi connectivity index (χ2v) is 6.52. The van der Waals surface area contributed by atoms with Crippen LogP contribution < -0.4 is 4.74 Å². The van der Waals surface area contributed by atoms with Crippen LogP contribution in [-0.4, -0.2) is 92.5 Å². The predicted molar refractivity (Wildman–Crippen MR) is 99.3 cm³/mol. The zero-order valence-corrected chi connectivity index (χ0v) is 16.0. The number of alkyl halides is 2. The molecule has 0 aromatic heterocycles. The number of rotatable bonds is 5. The summed E-state index contributed by atoms with van der Waals surface area (Å²) < 4.78 is 39.8. The van der Waals surface area contributed by atoms with Crippen LogP contribution in [0.2, 0.25) is 0 Å². The van der Waals surface area contributed by atoms with Crippen molar-refractivity contribution >= 4 is 12.4 Å². The third-order valence-electron chi connectivity index (χ3n) is 4.55. The number of hydrogen-bond acceptors (Lipinski definition) is 6. The average Bonchev–Trinajstić information content (AvgIpc) is 2.95. The van der Waals surface area contributed by atoms with Gasteiger partial charge in [0, 0.05) is 31.7 Å². The third-order valence-corrected chi connectivity index (χ3v) is 4.55. The molecule has 0 saturated carbocycles. The summed E-state index contributed by atoms with van der Waals surface area (Å²) >= 11 is 0. The zero-order chi connectivity index (χ0) is 21.1. The molecule has 3 rings (SSSR count). The molecule has 2 saturated heterocycles. The monoisotopic (exact) mass is 416 g/mol. The minimum Gasteiger partial charge on any atom is -0.483 e. The highest BCUT2D eigenvalue weighted by molar-refractivity contribution is 5.94. The van der Waals surface area contributed by atoms with E-state index in [4.69, 9.17) is 19.4 Å². The highest BCUT2D eigenvalue weighted by Gasteiger charge is 2.23. The molecule has 1 N–H and O–H groups in total. The van der Waals surface area contributed by atoms with Gasteiger partial charge in [0.2, 0.25) is 0 Å². The predicted octanol–water partition coefficient (Wildman–Crippen LogP) is 1.55. The highest BCUT2D eigenvalue weighted by Crippen LogP contribution is 2.17. The maximum absolute atomic E-state index is 12.7. The smallest absolute Gasteiger partial charge is 0.387 e. The summed E-state index contributed by atoms with van der Waals surface area (Å²) in [5.74, 6) is -0.0408. The van der Waals surface area contributed by atoms with Crippen molar-refractivity contribution in [3.8, 4) is 5.75 Å². The van der Waals surface area contributed by atoms with Crippen LogP contribution >= 0.6 is 0 Å². The number of halogens is 2. The number of benzene rings is 1. The van der Waals surface area contributed by atoms with Crippen LogP contribution in [0.3, 0.4) is 0 Å². The van der Waals surface area contributed by atoms with Crippen LogP contribution in [0.5, 0.6) is 5.75 Å². The summed E-state index contributed by atoms with van der Waals surface area (Å²) in [6.45, 7) is 2.58. The molecular weight excluding hydrogens is 390 g/mol. The second kappa shape index (κ2) is 12.3. The number of nitrogens with zero attached hydrogens (tertiary/aromatic N) is 2. The molecule has 0 aliphatic carbocycles. The molecule has 0 radical (unpaired) electrons. The van der Waals surface area contributed by atoms with E-state index >= 15 is 0 Å². The minimum absolute atomic E-state index is 0.0493. The number of carbonyl (C=O) groups is 2. The number of carboxylic acid groups (broad SMARTS) is 1. The lowest BCUT2D eigenvalue weighted by Gasteiger charge is -2.29. The molecule has 0 spiro atoms. The molecule has 2 fully saturated rings. The Balaban J connectivity index is 0.000000941. The van der Waals surface area contributed by atoms with Crippen LogP contribution in [0, 0.1) is 0 Å². The van der Waals surface area contributed by atoms with E-state index in [1.54, 1.807) is 4.90 Å². The Morgan fingerprint density at radius 1 is 1.21 bits per heavy atom. The molecule has 1 amide bonds. The first kappa shape index (κ1) is 23.0. The first-order valence-corrected chi connectivity index (χ1v) is 9.37. The van der Waals surface area contributed by atoms with Gasteiger partial charge in [-0.1, -0.05) is 0 Å². The molecule has 1 aromatic carbocycles. The van der Waals surface area contributed by atoms with E-state index in [-0.39, 0.29) is 24.2 Å². The summed E-state index contributed by atoms with van der Waals surface area (Å²) in [5.41, 5.74) is 0.476. The third kappa shape index (κ3) is 7.92. The van der Waals surface area contributed by atoms with Gasteiger partial charge in [0.1, 0.15) is 5.75 Å². The van der Waals surface area contributed by atoms with Crippen LogP contribution in [0.15, 0.2) is 24.3 Å². The SMILES string of the molecule is O=C(c1ccc(OC(F)F)cc1)N1CCCN(CC2COCCO2)CC1.O=CO. The lowest BCUT2D eigenvalue weighted by atomic mass is 10.2. The summed E-state index contributed by atoms with van der Waals surface area (Å²) in [6, 6.07) is 5.83. The topological polar surface area (TPSA) is 88.5 Å². The van der Waals surface area contributed by atoms with Gasteiger partial charge in [0.25, 0.3) is 12.4 Å². The molecule has 2 aliphatic rings. The van der Waals surface area contributed by atoms with Gasteiger partial charge in [0.15, 0.2) is 0 Å². The molecule has 1 unspecified atom stereocenters. The molecule has 10 heteroatoms. The minimum atomic E-state index is -2.87. The van der Waals surface area contributed by atoms with Crippen molar-refractivity contribution < 1.29 is 37.7 Å². The van der Waals surface area contributed by atoms with Gasteiger partial charge in [-0.05, 0) is 37.2 Å². The van der Waals surface area contributed by atoms with Gasteiger partial charge in [-0.3, -0.25) is 14.5 Å². The molecule has 8 nitrogen and oxygen atoms in total. The van der Waals surface area contributed by atoms with Gasteiger partial charge in [-0.2, -0.15) is 8.78 Å². The van der Waals surface area contributed by atoms with Crippen molar-refractivity contribution in [2.24, 2.45) is 0 Å². The first-order valence-electron chi connectivity index (χ1n) is 9.37. The fraction of sp³-hybridized carbons (Fsp3) is 0.579. The lowest BCUT2D eigenvalue weighted by Crippen LogP contribution is -2.42. The van der Waals surface area contributed by atoms with Gasteiger partial charge >= 0.3 is 6.61 Å². The summed E-state index contributed by atoms with van der Waals surface area (Å²) in [5, 5.41) is 6.89. The Bertz CT molecular complexity index is 626. The van der Waals surface area contributed by atoms with Crippen molar-refractivity contribution in [1.82, 2.24) is 9.80 Å². The molecule has 2 aliphatic heterocycles. The largest absolute Gasteiger partial charge is 0.483 e. The highest BCUT2D eigenvalue weighted by atomic mass is 19.3. The van der Waals surface area contributed by atoms with E-state index in [0.717, 1.165) is 26.1 Å². The maximum atomic E-state index is 12.7. The Hall–Kier alpha value is -2.30. The van der Waals surface area contributed by atoms with Crippen LogP contribution in [0.1, 0.15) is 16.8 Å². The molecule has 1 atom stereocenters. The van der Waals surface area contributed by atoms with Crippen molar-refractivity contribution in [2.75, 3.05) is 52.5 Å². The lowest BCUT2D eigenvalue weighted by molar-refractivity contribution is -0.122. The second-order valence-electron chi connectivity index (χ2n) is 6.52. The van der Waals surface area contributed by atoms with E-state index in [1.165, 1.54) is 24.3 Å². The van der Waals surface area contributed by atoms with Crippen LogP contribution in [0.25, 0.3) is 0 Å². The van der Waals surface area contributed by atoms with Gasteiger partial charge in [-0.25, -0.2) is 0 Å². The molecule has 162 valence electrons. The Labute approximate surface area is 167 Å². The van der Waals surface area contributed by atoms with Gasteiger partial charge in [-0.15, -0.1) is 0 Å². The summed E-state index contributed by atoms with van der Waals surface area (Å²) in [6.07, 6.45) is 0.972. The molecule has 1 aromatic rings. The normalized spacial score (nSPS) is 20.4. The Morgan fingerprint density at radius 2 is 1.93 bits per heavy atom. The van der Waals surface area contributed by atoms with E-state index in [2.05, 4.69) is 9.64 Å². The summed E-state index contributed by atoms with van der Waals surface area (Å²) in [7, 11) is 0. The molecule has 29 heavy (non-hydrogen) atoms. The van der Waals surface area contributed by atoms with Crippen molar-refractivity contribution in [3.05, 3.63) is 29.8 Å². The standard InChI is InChI=1S/C18H24F2N2O4.CH2O2/c19-18(20)26-15-4-2-14(3-5-15)17(23)22-7-1-6-21(8-9-22)12-16-13-24-10-11-25-16;2-1-3/h2-5,16,18H,1,6-13H2;1H,(H,2,3). The fourth-order valence-corrected chi connectivity index (χ4v) is 3.25. The molecule has 0 bridgehead atoms. The number of amides is 1. The number of ether oxygens (including phenoxy) is 3. The average molecular weight is 416 g/mol. The number of carbonyl (C=O) groups excluding carboxylic acids is 1. The van der Waals surface area contributed by atoms with Crippen molar-refractivity contribution in [1.29, 1.82) is 0 Å². The van der Waals surface area contributed by atoms with E-state index in [9.17, 15) is 13.6 Å². The van der Waals surface area contributed by atoms with Gasteiger partial charge in [0.05, 0.1) is 25.9 Å². The molecule has 2 heterocycles. The first-order chi connectivity index (χ1) is 14.0. The van der Waals surface area contributed by atoms with Crippen molar-refractivity contribution in [2.45, 2.75) is 19.1 Å². The quantitative estimate of drug-likeness (QED) is 0.729. The molecular formula is C19H26F2N2O6. The zero-order valence-electron chi connectivity index (χ0n) is 16.0. The van der Waals surface area contributed by atoms with Crippen LogP contribution in [0.4, 0.5) is 8.78 Å². The Morgan fingerprint density at radius 3 is 2.55 bits per heavy atom. The Kier molecular flexibility index (Phi) is 9.75. The van der Waals surface area contributed by atoms with Crippen LogP contribution in [-0.2, 0) is 14.3 Å². The van der Waals surface area contributed by atoms with Crippen molar-refractivity contribution in [3.63, 3.8) is 0 Å². The fourth-order valence-electron chi connectivity index (χ4n) is 3.25. The van der Waals surface area contributed by atoms with E-state index in [1.807, 2.05) is 0 Å².